The number of hydrogen-bond donors (Lipinski definition) is 0. The summed E-state index contributed by atoms with van der Waals surface area (Å²) in [5.74, 6) is -0.243. The summed E-state index contributed by atoms with van der Waals surface area (Å²) < 4.78 is 76.7. The van der Waals surface area contributed by atoms with Crippen LogP contribution in [0.5, 0.6) is 11.5 Å². The molecule has 0 spiro atoms. The van der Waals surface area contributed by atoms with Crippen molar-refractivity contribution in [1.29, 1.82) is 0 Å². The van der Waals surface area contributed by atoms with Crippen LogP contribution in [0.15, 0.2) is 29.3 Å². The van der Waals surface area contributed by atoms with Crippen molar-refractivity contribution in [1.82, 2.24) is 14.5 Å². The van der Waals surface area contributed by atoms with Crippen LogP contribution in [0, 0.1) is 0 Å². The molecule has 1 fully saturated rings. The Labute approximate surface area is 171 Å². The number of nitrogens with zero attached hydrogens (tertiary/aromatic N) is 3. The number of halogens is 4. The van der Waals surface area contributed by atoms with E-state index in [1.807, 2.05) is 0 Å². The Morgan fingerprint density at radius 1 is 1.23 bits per heavy atom. The number of benzene rings is 1. The third-order valence-electron chi connectivity index (χ3n) is 5.05. The molecule has 0 radical (unpaired) electrons. The Morgan fingerprint density at radius 3 is 2.57 bits per heavy atom. The van der Waals surface area contributed by atoms with Gasteiger partial charge in [0.15, 0.2) is 27.9 Å². The van der Waals surface area contributed by atoms with Crippen LogP contribution in [0.4, 0.5) is 17.6 Å². The van der Waals surface area contributed by atoms with Crippen molar-refractivity contribution < 1.29 is 31.6 Å². The maximum atomic E-state index is 14.0. The Hall–Kier alpha value is -2.53. The number of alkyl halides is 4. The first kappa shape index (κ1) is 19.4. The smallest absolute Gasteiger partial charge is 0.586 e. The number of hydrogen-bond acceptors (Lipinski definition) is 5. The summed E-state index contributed by atoms with van der Waals surface area (Å²) in [6.45, 7) is -1.32. The lowest BCUT2D eigenvalue weighted by atomic mass is 10.2. The molecule has 2 aromatic heterocycles. The van der Waals surface area contributed by atoms with E-state index in [0.717, 1.165) is 30.5 Å². The summed E-state index contributed by atoms with van der Waals surface area (Å²) in [4.78, 5) is 8.85. The summed E-state index contributed by atoms with van der Waals surface area (Å²) in [7, 11) is 0. The quantitative estimate of drug-likeness (QED) is 0.419. The van der Waals surface area contributed by atoms with Gasteiger partial charge in [-0.25, -0.2) is 9.97 Å². The Kier molecular flexibility index (Phi) is 4.37. The van der Waals surface area contributed by atoms with E-state index in [0.29, 0.717) is 15.4 Å². The summed E-state index contributed by atoms with van der Waals surface area (Å²) in [5, 5.41) is 0. The Balaban J connectivity index is 1.71. The second kappa shape index (κ2) is 6.74. The van der Waals surface area contributed by atoms with E-state index in [9.17, 15) is 22.1 Å². The van der Waals surface area contributed by atoms with Crippen LogP contribution in [0.3, 0.4) is 0 Å². The monoisotopic (exact) mass is 441 g/mol. The van der Waals surface area contributed by atoms with Gasteiger partial charge in [0, 0.05) is 24.4 Å². The van der Waals surface area contributed by atoms with Gasteiger partial charge in [0.2, 0.25) is 0 Å². The molecule has 0 amide bonds. The first-order valence-corrected chi connectivity index (χ1v) is 10.6. The van der Waals surface area contributed by atoms with Gasteiger partial charge in [0.25, 0.3) is 0 Å². The van der Waals surface area contributed by atoms with Crippen molar-refractivity contribution in [3.05, 3.63) is 30.0 Å². The number of imidazole rings is 1. The molecule has 158 valence electrons. The predicted molar refractivity (Wildman–Crippen MR) is 99.3 cm³/mol. The van der Waals surface area contributed by atoms with Crippen LogP contribution >= 0.6 is 0 Å². The average Bonchev–Trinajstić information content (AvgIpc) is 3.41. The molecule has 0 saturated heterocycles. The van der Waals surface area contributed by atoms with E-state index in [2.05, 4.69) is 19.4 Å². The largest absolute Gasteiger partial charge is 0.611 e. The van der Waals surface area contributed by atoms with Gasteiger partial charge in [-0.1, -0.05) is 0 Å². The first-order valence-electron chi connectivity index (χ1n) is 9.26. The van der Waals surface area contributed by atoms with Crippen LogP contribution in [0.1, 0.15) is 37.8 Å². The summed E-state index contributed by atoms with van der Waals surface area (Å²) >= 11 is -1.46. The average molecular weight is 441 g/mol. The highest BCUT2D eigenvalue weighted by molar-refractivity contribution is 7.91. The molecule has 1 atom stereocenters. The molecule has 5 rings (SSSR count). The standard InChI is InChI=1S/C19H15F4N3O3S/c1-2-30(27)15-5-10(9-3-4-9)8-24-16(15)17-25-11-6-13-14(29-19(22,23)28-13)7-12(11)26(17)18(20)21/h5-9,18H,2-4H2,1H3. The molecule has 3 heterocycles. The van der Waals surface area contributed by atoms with Gasteiger partial charge in [0.05, 0.1) is 11.0 Å². The van der Waals surface area contributed by atoms with Gasteiger partial charge < -0.3 is 14.0 Å². The molecule has 1 aliphatic heterocycles. The topological polar surface area (TPSA) is 72.2 Å². The molecule has 11 heteroatoms. The highest BCUT2D eigenvalue weighted by atomic mass is 32.2. The van der Waals surface area contributed by atoms with Gasteiger partial charge in [0.1, 0.15) is 5.75 Å². The van der Waals surface area contributed by atoms with Gasteiger partial charge in [-0.05, 0) is 42.4 Å². The fourth-order valence-corrected chi connectivity index (χ4v) is 4.44. The zero-order valence-electron chi connectivity index (χ0n) is 15.6. The number of fused-ring (bicyclic) bond motifs is 2. The van der Waals surface area contributed by atoms with Crippen LogP contribution in [-0.4, -0.2) is 31.1 Å². The number of rotatable bonds is 5. The van der Waals surface area contributed by atoms with Gasteiger partial charge >= 0.3 is 12.8 Å². The molecule has 6 nitrogen and oxygen atoms in total. The fraction of sp³-hybridized carbons (Fsp3) is 0.368. The Morgan fingerprint density at radius 2 is 1.93 bits per heavy atom. The van der Waals surface area contributed by atoms with Crippen molar-refractivity contribution in [2.24, 2.45) is 0 Å². The third-order valence-corrected chi connectivity index (χ3v) is 6.38. The second-order valence-electron chi connectivity index (χ2n) is 7.06. The maximum absolute atomic E-state index is 14.0. The van der Waals surface area contributed by atoms with Crippen LogP contribution in [0.2, 0.25) is 0 Å². The van der Waals surface area contributed by atoms with Crippen LogP contribution in [-0.2, 0) is 11.2 Å². The lowest BCUT2D eigenvalue weighted by Gasteiger charge is -2.14. The zero-order chi connectivity index (χ0) is 21.2. The highest BCUT2D eigenvalue weighted by Crippen LogP contribution is 2.45. The number of aromatic nitrogens is 3. The number of ether oxygens (including phenoxy) is 2. The van der Waals surface area contributed by atoms with E-state index in [-0.39, 0.29) is 39.8 Å². The maximum Gasteiger partial charge on any atom is 0.586 e. The highest BCUT2D eigenvalue weighted by Gasteiger charge is 2.44. The fourth-order valence-electron chi connectivity index (χ4n) is 3.50. The van der Waals surface area contributed by atoms with Gasteiger partial charge in [-0.2, -0.15) is 8.78 Å². The van der Waals surface area contributed by atoms with E-state index < -0.39 is 24.0 Å². The molecule has 1 aliphatic carbocycles. The van der Waals surface area contributed by atoms with E-state index in [1.54, 1.807) is 19.2 Å². The molecule has 0 bridgehead atoms. The molecule has 30 heavy (non-hydrogen) atoms. The lowest BCUT2D eigenvalue weighted by Crippen LogP contribution is -2.25. The lowest BCUT2D eigenvalue weighted by molar-refractivity contribution is -0.286. The summed E-state index contributed by atoms with van der Waals surface area (Å²) in [5.41, 5.74) is 0.870. The van der Waals surface area contributed by atoms with Gasteiger partial charge in [-0.3, -0.25) is 4.57 Å². The molecule has 1 saturated carbocycles. The number of pyridine rings is 1. The van der Waals surface area contributed by atoms with Crippen LogP contribution < -0.4 is 9.47 Å². The van der Waals surface area contributed by atoms with Gasteiger partial charge in [-0.15, -0.1) is 8.78 Å². The Bertz CT molecular complexity index is 1150. The van der Waals surface area contributed by atoms with Crippen molar-refractivity contribution in [3.63, 3.8) is 0 Å². The third kappa shape index (κ3) is 3.16. The van der Waals surface area contributed by atoms with Crippen molar-refractivity contribution >= 4 is 22.2 Å². The normalized spacial score (nSPS) is 18.4. The predicted octanol–water partition coefficient (Wildman–Crippen LogP) is 4.82. The summed E-state index contributed by atoms with van der Waals surface area (Å²) in [6.07, 6.45) is -0.272. The second-order valence-corrected chi connectivity index (χ2v) is 8.77. The van der Waals surface area contributed by atoms with Crippen molar-refractivity contribution in [2.75, 3.05) is 5.75 Å². The molecule has 1 unspecified atom stereocenters. The minimum atomic E-state index is -3.87. The summed E-state index contributed by atoms with van der Waals surface area (Å²) in [6, 6.07) is 3.88. The van der Waals surface area contributed by atoms with E-state index in [4.69, 9.17) is 0 Å². The first-order chi connectivity index (χ1) is 14.3. The minimum absolute atomic E-state index is 0.00616. The molecule has 2 aliphatic rings. The zero-order valence-corrected chi connectivity index (χ0v) is 16.4. The van der Waals surface area contributed by atoms with E-state index in [1.165, 1.54) is 0 Å². The van der Waals surface area contributed by atoms with Crippen molar-refractivity contribution in [3.8, 4) is 23.0 Å². The van der Waals surface area contributed by atoms with Crippen molar-refractivity contribution in [2.45, 2.75) is 43.4 Å². The minimum Gasteiger partial charge on any atom is -0.611 e. The molecule has 3 aromatic rings. The molecule has 0 N–H and O–H groups in total. The molecular formula is C19H15F4N3O3S. The SMILES string of the molecule is CC[S+]([O-])c1cc(C2CC2)cnc1-c1nc2cc3c(cc2n1C(F)F)OC(F)(F)O3. The van der Waals surface area contributed by atoms with Crippen LogP contribution in [0.25, 0.3) is 22.6 Å². The van der Waals surface area contributed by atoms with E-state index >= 15 is 0 Å². The molecule has 1 aromatic carbocycles. The molecular weight excluding hydrogens is 426 g/mol.